The second-order valence-corrected chi connectivity index (χ2v) is 20.9. The van der Waals surface area contributed by atoms with E-state index < -0.39 is 0 Å². The number of nitrogens with zero attached hydrogens (tertiary/aromatic N) is 12. The van der Waals surface area contributed by atoms with Gasteiger partial charge in [-0.2, -0.15) is 36.8 Å². The molecule has 3 heterocycles. The van der Waals surface area contributed by atoms with Gasteiger partial charge in [0, 0.05) is 54.9 Å². The van der Waals surface area contributed by atoms with E-state index in [0.29, 0.717) is 50.9 Å². The van der Waals surface area contributed by atoms with Gasteiger partial charge in [-0.05, 0) is 125 Å². The molecule has 0 aliphatic carbocycles. The average Bonchev–Trinajstić information content (AvgIpc) is 2.02. The van der Waals surface area contributed by atoms with E-state index in [2.05, 4.69) is 106 Å². The molecule has 0 aliphatic heterocycles. The number of fused-ring (bicyclic) bond motifs is 6. The van der Waals surface area contributed by atoms with Crippen LogP contribution in [-0.2, 0) is 0 Å². The summed E-state index contributed by atoms with van der Waals surface area (Å²) in [5.41, 5.74) is 14.5. The first kappa shape index (κ1) is 52.5. The van der Waals surface area contributed by atoms with E-state index in [4.69, 9.17) is 15.0 Å². The molecular weight excluding hydrogens is 1080 g/mol. The van der Waals surface area contributed by atoms with Crippen LogP contribution in [-0.4, -0.2) is 24.1 Å². The zero-order valence-electron chi connectivity index (χ0n) is 46.3. The standard InChI is InChI=1S/C76H38N12/c77-39-46-12-11-17-51(30-46)52-22-26-68(87-66-20-9-7-18-60(66)63-37-54(24-28-69(63)87)72-56(42-80)31-47(40-78)32-57(72)43-81)62(35-52)53-23-27-71(65(36-53)76-85-74(49-13-3-1-4-14-49)84-75(86-76)50-15-5-2-6-16-50)88-67-21-10-8-19-61(67)64-38-55(25-29-70(64)88)73-58(44-82)33-48(41-79)34-59(73)45-83/h1-38H. The summed E-state index contributed by atoms with van der Waals surface area (Å²) in [5.74, 6) is 1.32. The number of nitriles is 7. The van der Waals surface area contributed by atoms with Crippen molar-refractivity contribution in [3.63, 3.8) is 0 Å². The Kier molecular flexibility index (Phi) is 12.9. The fraction of sp³-hybridized carbons (Fsp3) is 0. The van der Waals surface area contributed by atoms with E-state index in [-0.39, 0.29) is 33.4 Å². The summed E-state index contributed by atoms with van der Waals surface area (Å²) in [4.78, 5) is 15.8. The molecule has 402 valence electrons. The van der Waals surface area contributed by atoms with Crippen molar-refractivity contribution in [3.05, 3.63) is 269 Å². The van der Waals surface area contributed by atoms with Gasteiger partial charge in [0.05, 0.1) is 115 Å². The van der Waals surface area contributed by atoms with Gasteiger partial charge in [-0.15, -0.1) is 0 Å². The van der Waals surface area contributed by atoms with Gasteiger partial charge >= 0.3 is 0 Å². The normalized spacial score (nSPS) is 10.9. The molecule has 0 amide bonds. The lowest BCUT2D eigenvalue weighted by atomic mass is 9.92. The van der Waals surface area contributed by atoms with Crippen LogP contribution < -0.4 is 0 Å². The van der Waals surface area contributed by atoms with Crippen molar-refractivity contribution in [2.75, 3.05) is 0 Å². The fourth-order valence-corrected chi connectivity index (χ4v) is 12.1. The fourth-order valence-electron chi connectivity index (χ4n) is 12.1. The minimum atomic E-state index is 0.216. The molecule has 14 rings (SSSR count). The van der Waals surface area contributed by atoms with Crippen molar-refractivity contribution in [2.45, 2.75) is 0 Å². The first-order valence-electron chi connectivity index (χ1n) is 27.8. The second kappa shape index (κ2) is 21.7. The van der Waals surface area contributed by atoms with E-state index >= 15 is 0 Å². The number of rotatable bonds is 9. The Labute approximate surface area is 503 Å². The third-order valence-electron chi connectivity index (χ3n) is 16.0. The van der Waals surface area contributed by atoms with Gasteiger partial charge in [0.1, 0.15) is 0 Å². The first-order chi connectivity index (χ1) is 43.3. The number of benzene rings is 11. The van der Waals surface area contributed by atoms with Crippen LogP contribution in [0.3, 0.4) is 0 Å². The third-order valence-corrected chi connectivity index (χ3v) is 16.0. The molecule has 88 heavy (non-hydrogen) atoms. The smallest absolute Gasteiger partial charge is 0.166 e. The third kappa shape index (κ3) is 8.85. The number of aromatic nitrogens is 5. The molecule has 0 N–H and O–H groups in total. The van der Waals surface area contributed by atoms with Crippen LogP contribution >= 0.6 is 0 Å². The predicted molar refractivity (Wildman–Crippen MR) is 340 cm³/mol. The van der Waals surface area contributed by atoms with Crippen molar-refractivity contribution in [2.24, 2.45) is 0 Å². The van der Waals surface area contributed by atoms with Crippen LogP contribution in [0.4, 0.5) is 0 Å². The topological polar surface area (TPSA) is 215 Å². The largest absolute Gasteiger partial charge is 0.309 e. The lowest BCUT2D eigenvalue weighted by molar-refractivity contribution is 1.06. The van der Waals surface area contributed by atoms with Crippen molar-refractivity contribution < 1.29 is 0 Å². The van der Waals surface area contributed by atoms with Crippen LogP contribution in [0.1, 0.15) is 38.9 Å². The Morgan fingerprint density at radius 3 is 1.11 bits per heavy atom. The van der Waals surface area contributed by atoms with Gasteiger partial charge in [-0.1, -0.05) is 133 Å². The van der Waals surface area contributed by atoms with Gasteiger partial charge in [0.25, 0.3) is 0 Å². The maximum Gasteiger partial charge on any atom is 0.166 e. The maximum absolute atomic E-state index is 10.4. The summed E-state index contributed by atoms with van der Waals surface area (Å²) in [6, 6.07) is 89.2. The molecule has 0 saturated carbocycles. The van der Waals surface area contributed by atoms with Gasteiger partial charge in [-0.25, -0.2) is 15.0 Å². The molecule has 12 nitrogen and oxygen atoms in total. The molecule has 0 atom stereocenters. The summed E-state index contributed by atoms with van der Waals surface area (Å²) in [7, 11) is 0. The molecule has 14 aromatic rings. The van der Waals surface area contributed by atoms with E-state index in [1.54, 1.807) is 6.07 Å². The molecule has 0 aliphatic rings. The minimum Gasteiger partial charge on any atom is -0.309 e. The Bertz CT molecular complexity index is 5480. The summed E-state index contributed by atoms with van der Waals surface area (Å²) in [5, 5.41) is 74.9. The Morgan fingerprint density at radius 1 is 0.250 bits per heavy atom. The van der Waals surface area contributed by atoms with Crippen molar-refractivity contribution >= 4 is 43.6 Å². The minimum absolute atomic E-state index is 0.216. The molecule has 0 spiro atoms. The average molecular weight is 1120 g/mol. The molecule has 0 bridgehead atoms. The number of para-hydroxylation sites is 2. The molecule has 11 aromatic carbocycles. The van der Waals surface area contributed by atoms with Gasteiger partial charge in [0.15, 0.2) is 17.5 Å². The molecular formula is C76H38N12. The predicted octanol–water partition coefficient (Wildman–Crippen LogP) is 16.8. The highest BCUT2D eigenvalue weighted by atomic mass is 15.1. The van der Waals surface area contributed by atoms with Crippen LogP contribution in [0.25, 0.3) is 134 Å². The van der Waals surface area contributed by atoms with Crippen molar-refractivity contribution in [3.8, 4) is 133 Å². The lowest BCUT2D eigenvalue weighted by Gasteiger charge is -2.19. The number of hydrogen-bond acceptors (Lipinski definition) is 10. The highest BCUT2D eigenvalue weighted by Crippen LogP contribution is 2.45. The van der Waals surface area contributed by atoms with Crippen LogP contribution in [0, 0.1) is 79.3 Å². The number of hydrogen-bond donors (Lipinski definition) is 0. The van der Waals surface area contributed by atoms with Crippen molar-refractivity contribution in [1.29, 1.82) is 36.8 Å². The highest BCUT2D eigenvalue weighted by Gasteiger charge is 2.25. The molecule has 12 heteroatoms. The Hall–Kier alpha value is -13.5. The van der Waals surface area contributed by atoms with Gasteiger partial charge < -0.3 is 9.13 Å². The Balaban J connectivity index is 1.06. The van der Waals surface area contributed by atoms with Crippen LogP contribution in [0.2, 0.25) is 0 Å². The zero-order chi connectivity index (χ0) is 60.0. The van der Waals surface area contributed by atoms with E-state index in [0.717, 1.165) is 88.4 Å². The summed E-state index contributed by atoms with van der Waals surface area (Å²) < 4.78 is 4.41. The SMILES string of the molecule is N#Cc1cccc(-c2ccc(-n3c4ccccc4c4cc(-c5c(C#N)cc(C#N)cc5C#N)ccc43)c(-c3ccc(-n4c5ccccc5c5cc(-c6c(C#N)cc(C#N)cc6C#N)ccc54)c(-c4nc(-c5ccccc5)nc(-c5ccccc5)n4)c3)c2)c1. The highest BCUT2D eigenvalue weighted by molar-refractivity contribution is 6.13. The molecule has 3 aromatic heterocycles. The summed E-state index contributed by atoms with van der Waals surface area (Å²) >= 11 is 0. The second-order valence-electron chi connectivity index (χ2n) is 20.9. The van der Waals surface area contributed by atoms with Crippen LogP contribution in [0.15, 0.2) is 231 Å². The molecule has 0 saturated heterocycles. The quantitative estimate of drug-likeness (QED) is 0.133. The van der Waals surface area contributed by atoms with Gasteiger partial charge in [0.2, 0.25) is 0 Å². The zero-order valence-corrected chi connectivity index (χ0v) is 46.3. The Morgan fingerprint density at radius 2 is 0.636 bits per heavy atom. The first-order valence-corrected chi connectivity index (χ1v) is 27.8. The van der Waals surface area contributed by atoms with E-state index in [1.807, 2.05) is 146 Å². The van der Waals surface area contributed by atoms with Crippen molar-refractivity contribution in [1.82, 2.24) is 24.1 Å². The monoisotopic (exact) mass is 1120 g/mol. The molecule has 0 unspecified atom stereocenters. The molecule has 0 fully saturated rings. The van der Waals surface area contributed by atoms with Gasteiger partial charge in [-0.3, -0.25) is 0 Å². The molecule has 0 radical (unpaired) electrons. The van der Waals surface area contributed by atoms with E-state index in [1.165, 1.54) is 24.3 Å². The lowest BCUT2D eigenvalue weighted by Crippen LogP contribution is -2.04. The summed E-state index contributed by atoms with van der Waals surface area (Å²) in [6.07, 6.45) is 0. The maximum atomic E-state index is 10.4. The van der Waals surface area contributed by atoms with E-state index in [9.17, 15) is 36.8 Å². The van der Waals surface area contributed by atoms with Crippen LogP contribution in [0.5, 0.6) is 0 Å². The summed E-state index contributed by atoms with van der Waals surface area (Å²) in [6.45, 7) is 0.